The fourth-order valence-corrected chi connectivity index (χ4v) is 3.54. The second-order valence-electron chi connectivity index (χ2n) is 4.39. The second-order valence-corrected chi connectivity index (χ2v) is 6.65. The van der Waals surface area contributed by atoms with Gasteiger partial charge < -0.3 is 5.32 Å². The van der Waals surface area contributed by atoms with Crippen LogP contribution in [0.1, 0.15) is 37.0 Å². The maximum absolute atomic E-state index is 13.7. The fraction of sp³-hybridized carbons (Fsp3) is 0.417. The molecular formula is C12H15Cl2FN2O3S. The highest BCUT2D eigenvalue weighted by molar-refractivity contribution is 7.89. The number of primary sulfonamides is 1. The van der Waals surface area contributed by atoms with Crippen LogP contribution in [0.2, 0.25) is 10.0 Å². The van der Waals surface area contributed by atoms with Gasteiger partial charge in [-0.3, -0.25) is 4.79 Å². The largest absolute Gasteiger partial charge is 0.349 e. The first-order valence-corrected chi connectivity index (χ1v) is 8.44. The molecule has 0 radical (unpaired) electrons. The maximum atomic E-state index is 13.7. The summed E-state index contributed by atoms with van der Waals surface area (Å²) in [5, 5.41) is 6.36. The summed E-state index contributed by atoms with van der Waals surface area (Å²) in [6, 6.07) is 0.655. The van der Waals surface area contributed by atoms with Crippen molar-refractivity contribution in [3.05, 3.63) is 27.5 Å². The average Bonchev–Trinajstić information content (AvgIpc) is 2.38. The van der Waals surface area contributed by atoms with Gasteiger partial charge in [0.15, 0.2) is 0 Å². The molecule has 21 heavy (non-hydrogen) atoms. The lowest BCUT2D eigenvalue weighted by atomic mass is 10.1. The number of sulfonamides is 1. The third-order valence-electron chi connectivity index (χ3n) is 2.97. The van der Waals surface area contributed by atoms with Crippen LogP contribution in [0, 0.1) is 5.82 Å². The molecule has 1 amide bonds. The van der Waals surface area contributed by atoms with Crippen LogP contribution in [0.4, 0.5) is 4.39 Å². The minimum Gasteiger partial charge on any atom is -0.349 e. The van der Waals surface area contributed by atoms with E-state index < -0.39 is 36.7 Å². The number of benzene rings is 1. The molecule has 9 heteroatoms. The smallest absolute Gasteiger partial charge is 0.253 e. The van der Waals surface area contributed by atoms with Gasteiger partial charge in [0.2, 0.25) is 10.0 Å². The highest BCUT2D eigenvalue weighted by atomic mass is 35.5. The van der Waals surface area contributed by atoms with Gasteiger partial charge in [-0.25, -0.2) is 17.9 Å². The molecule has 1 aromatic carbocycles. The molecule has 0 aromatic heterocycles. The molecule has 0 spiro atoms. The van der Waals surface area contributed by atoms with Crippen LogP contribution in [-0.2, 0) is 10.0 Å². The van der Waals surface area contributed by atoms with Crippen molar-refractivity contribution in [1.82, 2.24) is 5.32 Å². The van der Waals surface area contributed by atoms with Gasteiger partial charge in [0.05, 0.1) is 15.6 Å². The molecule has 1 aromatic rings. The molecule has 0 unspecified atom stereocenters. The van der Waals surface area contributed by atoms with Gasteiger partial charge in [-0.1, -0.05) is 37.0 Å². The van der Waals surface area contributed by atoms with Crippen LogP contribution in [-0.4, -0.2) is 20.4 Å². The molecule has 0 bridgehead atoms. The topological polar surface area (TPSA) is 89.3 Å². The first-order valence-electron chi connectivity index (χ1n) is 6.14. The number of hydrogen-bond acceptors (Lipinski definition) is 3. The van der Waals surface area contributed by atoms with Crippen molar-refractivity contribution in [1.29, 1.82) is 0 Å². The Morgan fingerprint density at radius 1 is 1.33 bits per heavy atom. The van der Waals surface area contributed by atoms with Crippen LogP contribution in [0.15, 0.2) is 11.0 Å². The molecule has 0 aliphatic heterocycles. The molecule has 0 heterocycles. The van der Waals surface area contributed by atoms with Crippen LogP contribution < -0.4 is 10.5 Å². The molecule has 0 fully saturated rings. The summed E-state index contributed by atoms with van der Waals surface area (Å²) in [4.78, 5) is 11.3. The van der Waals surface area contributed by atoms with Gasteiger partial charge in [-0.05, 0) is 18.9 Å². The Hall–Kier alpha value is -0.890. The maximum Gasteiger partial charge on any atom is 0.253 e. The van der Waals surface area contributed by atoms with Crippen molar-refractivity contribution in [2.45, 2.75) is 37.6 Å². The number of nitrogens with one attached hydrogen (secondary N) is 1. The van der Waals surface area contributed by atoms with E-state index in [1.165, 1.54) is 0 Å². The summed E-state index contributed by atoms with van der Waals surface area (Å²) in [7, 11) is -4.37. The lowest BCUT2D eigenvalue weighted by Crippen LogP contribution is -2.34. The Morgan fingerprint density at radius 3 is 2.29 bits per heavy atom. The predicted molar refractivity (Wildman–Crippen MR) is 79.6 cm³/mol. The Morgan fingerprint density at radius 2 is 1.86 bits per heavy atom. The Labute approximate surface area is 132 Å². The van der Waals surface area contributed by atoms with Crippen LogP contribution in [0.5, 0.6) is 0 Å². The fourth-order valence-electron chi connectivity index (χ4n) is 1.75. The van der Waals surface area contributed by atoms with E-state index in [4.69, 9.17) is 28.3 Å². The van der Waals surface area contributed by atoms with E-state index in [9.17, 15) is 17.6 Å². The monoisotopic (exact) mass is 356 g/mol. The summed E-state index contributed by atoms with van der Waals surface area (Å²) in [6.07, 6.45) is 1.33. The van der Waals surface area contributed by atoms with Gasteiger partial charge in [0.1, 0.15) is 10.7 Å². The van der Waals surface area contributed by atoms with E-state index >= 15 is 0 Å². The van der Waals surface area contributed by atoms with E-state index in [-0.39, 0.29) is 11.6 Å². The van der Waals surface area contributed by atoms with Gasteiger partial charge in [-0.2, -0.15) is 0 Å². The highest BCUT2D eigenvalue weighted by Gasteiger charge is 2.27. The zero-order chi connectivity index (χ0) is 16.4. The third-order valence-corrected chi connectivity index (χ3v) is 4.93. The Kier molecular flexibility index (Phi) is 5.98. The van der Waals surface area contributed by atoms with Crippen LogP contribution in [0.25, 0.3) is 0 Å². The molecule has 118 valence electrons. The van der Waals surface area contributed by atoms with E-state index in [1.807, 2.05) is 13.8 Å². The molecule has 0 aliphatic carbocycles. The van der Waals surface area contributed by atoms with Gasteiger partial charge in [-0.15, -0.1) is 0 Å². The molecule has 0 aliphatic rings. The van der Waals surface area contributed by atoms with E-state index in [0.29, 0.717) is 12.8 Å². The van der Waals surface area contributed by atoms with Crippen molar-refractivity contribution in [2.24, 2.45) is 5.14 Å². The Balaban J connectivity index is 3.39. The van der Waals surface area contributed by atoms with Crippen LogP contribution >= 0.6 is 23.2 Å². The highest BCUT2D eigenvalue weighted by Crippen LogP contribution is 2.33. The lowest BCUT2D eigenvalue weighted by Gasteiger charge is -2.16. The molecule has 0 atom stereocenters. The average molecular weight is 357 g/mol. The molecular weight excluding hydrogens is 342 g/mol. The number of carbonyl (C=O) groups is 1. The standard InChI is InChI=1S/C12H15Cl2FN2O3S/c1-3-6(4-2)17-12(18)7-5-8(15)10(14)11(9(7)13)21(16,19)20/h5-6H,3-4H2,1-2H3,(H,17,18)(H2,16,19,20). The zero-order valence-corrected chi connectivity index (χ0v) is 13.7. The predicted octanol–water partition coefficient (Wildman–Crippen LogP) is 2.70. The zero-order valence-electron chi connectivity index (χ0n) is 11.4. The first kappa shape index (κ1) is 18.2. The molecule has 0 saturated carbocycles. The normalized spacial score (nSPS) is 11.8. The second kappa shape index (κ2) is 6.91. The number of rotatable bonds is 5. The first-order chi connectivity index (χ1) is 9.63. The molecule has 0 saturated heterocycles. The SMILES string of the molecule is CCC(CC)NC(=O)c1cc(F)c(Cl)c(S(N)(=O)=O)c1Cl. The minimum absolute atomic E-state index is 0.134. The van der Waals surface area contributed by atoms with E-state index in [2.05, 4.69) is 5.32 Å². The number of amides is 1. The third kappa shape index (κ3) is 4.06. The lowest BCUT2D eigenvalue weighted by molar-refractivity contribution is 0.0934. The molecule has 1 rings (SSSR count). The Bertz CT molecular complexity index is 661. The minimum atomic E-state index is -4.37. The van der Waals surface area contributed by atoms with Crippen molar-refractivity contribution in [2.75, 3.05) is 0 Å². The molecule has 5 nitrogen and oxygen atoms in total. The number of halogens is 3. The quantitative estimate of drug-likeness (QED) is 0.794. The number of hydrogen-bond donors (Lipinski definition) is 2. The van der Waals surface area contributed by atoms with E-state index in [0.717, 1.165) is 6.07 Å². The number of nitrogens with two attached hydrogens (primary N) is 1. The summed E-state index contributed by atoms with van der Waals surface area (Å²) in [5.74, 6) is -1.77. The van der Waals surface area contributed by atoms with Gasteiger partial charge >= 0.3 is 0 Å². The summed E-state index contributed by atoms with van der Waals surface area (Å²) >= 11 is 11.4. The summed E-state index contributed by atoms with van der Waals surface area (Å²) < 4.78 is 36.6. The van der Waals surface area contributed by atoms with Crippen molar-refractivity contribution >= 4 is 39.1 Å². The van der Waals surface area contributed by atoms with Crippen LogP contribution in [0.3, 0.4) is 0 Å². The summed E-state index contributed by atoms with van der Waals surface area (Å²) in [5.41, 5.74) is -0.325. The van der Waals surface area contributed by atoms with E-state index in [1.54, 1.807) is 0 Å². The van der Waals surface area contributed by atoms with Crippen molar-refractivity contribution < 1.29 is 17.6 Å². The van der Waals surface area contributed by atoms with Crippen molar-refractivity contribution in [3.63, 3.8) is 0 Å². The van der Waals surface area contributed by atoms with Crippen molar-refractivity contribution in [3.8, 4) is 0 Å². The van der Waals surface area contributed by atoms with Gasteiger partial charge in [0, 0.05) is 6.04 Å². The van der Waals surface area contributed by atoms with Gasteiger partial charge in [0.25, 0.3) is 5.91 Å². The molecule has 3 N–H and O–H groups in total. The summed E-state index contributed by atoms with van der Waals surface area (Å²) in [6.45, 7) is 3.74. The number of carbonyl (C=O) groups excluding carboxylic acids is 1.